The van der Waals surface area contributed by atoms with Gasteiger partial charge in [0.1, 0.15) is 5.82 Å². The Morgan fingerprint density at radius 2 is 1.67 bits per heavy atom. The van der Waals surface area contributed by atoms with Crippen molar-refractivity contribution in [3.05, 3.63) is 100 Å². The molecule has 0 aliphatic rings. The van der Waals surface area contributed by atoms with Crippen molar-refractivity contribution in [3.63, 3.8) is 0 Å². The van der Waals surface area contributed by atoms with E-state index in [0.717, 1.165) is 11.8 Å². The number of para-hydroxylation sites is 1. The van der Waals surface area contributed by atoms with Gasteiger partial charge < -0.3 is 4.74 Å². The number of ether oxygens (including phenoxy) is 1. The lowest BCUT2D eigenvalue weighted by Crippen LogP contribution is -2.24. The first-order valence-corrected chi connectivity index (χ1v) is 10.9. The van der Waals surface area contributed by atoms with Crippen LogP contribution in [0, 0.1) is 5.82 Å². The van der Waals surface area contributed by atoms with Crippen molar-refractivity contribution in [1.29, 1.82) is 0 Å². The zero-order chi connectivity index (χ0) is 23.5. The van der Waals surface area contributed by atoms with E-state index in [1.165, 1.54) is 54.1 Å². The van der Waals surface area contributed by atoms with Crippen LogP contribution in [-0.2, 0) is 4.74 Å². The summed E-state index contributed by atoms with van der Waals surface area (Å²) in [4.78, 5) is 42.9. The van der Waals surface area contributed by atoms with E-state index >= 15 is 0 Å². The van der Waals surface area contributed by atoms with Gasteiger partial charge in [0.05, 0.1) is 34.5 Å². The summed E-state index contributed by atoms with van der Waals surface area (Å²) in [7, 11) is 1.28. The van der Waals surface area contributed by atoms with Gasteiger partial charge in [-0.15, -0.1) is 0 Å². The molecule has 0 amide bonds. The molecule has 8 heteroatoms. The van der Waals surface area contributed by atoms with Crippen LogP contribution < -0.4 is 5.56 Å². The lowest BCUT2D eigenvalue weighted by molar-refractivity contribution is 0.0600. The SMILES string of the molecule is COC(=O)c1ccc2c(=O)n(-c3ccccc3)c(SC(C)C(=O)c3ccc(F)cc3)nc2c1. The molecular formula is C25H19FN2O4S. The molecule has 1 aromatic heterocycles. The van der Waals surface area contributed by atoms with Gasteiger partial charge in [-0.2, -0.15) is 0 Å². The van der Waals surface area contributed by atoms with Crippen LogP contribution in [0.1, 0.15) is 27.6 Å². The Hall–Kier alpha value is -3.78. The molecule has 0 fully saturated rings. The highest BCUT2D eigenvalue weighted by atomic mass is 32.2. The molecule has 1 atom stereocenters. The molecule has 1 unspecified atom stereocenters. The maximum atomic E-state index is 13.4. The number of halogens is 1. The van der Waals surface area contributed by atoms with Crippen LogP contribution in [0.25, 0.3) is 16.6 Å². The second kappa shape index (κ2) is 9.38. The Bertz CT molecular complexity index is 1400. The first kappa shape index (κ1) is 22.4. The normalized spacial score (nSPS) is 11.8. The van der Waals surface area contributed by atoms with Gasteiger partial charge in [-0.25, -0.2) is 14.2 Å². The van der Waals surface area contributed by atoms with E-state index < -0.39 is 17.0 Å². The minimum absolute atomic E-state index is 0.225. The summed E-state index contributed by atoms with van der Waals surface area (Å²) >= 11 is 1.11. The number of Topliss-reactive ketones (excluding diaryl/α,β-unsaturated/α-hetero) is 1. The van der Waals surface area contributed by atoms with Gasteiger partial charge in [-0.1, -0.05) is 30.0 Å². The number of fused-ring (bicyclic) bond motifs is 1. The van der Waals surface area contributed by atoms with E-state index in [1.54, 1.807) is 31.2 Å². The van der Waals surface area contributed by atoms with Gasteiger partial charge in [-0.3, -0.25) is 14.2 Å². The molecular weight excluding hydrogens is 443 g/mol. The number of nitrogens with zero attached hydrogens (tertiary/aromatic N) is 2. The van der Waals surface area contributed by atoms with Crippen molar-refractivity contribution in [2.75, 3.05) is 7.11 Å². The number of aromatic nitrogens is 2. The third-order valence-corrected chi connectivity index (χ3v) is 6.11. The largest absolute Gasteiger partial charge is 0.465 e. The molecule has 166 valence electrons. The van der Waals surface area contributed by atoms with Crippen molar-refractivity contribution in [2.24, 2.45) is 0 Å². The van der Waals surface area contributed by atoms with Crippen LogP contribution in [0.15, 0.2) is 82.7 Å². The third kappa shape index (κ3) is 4.56. The highest BCUT2D eigenvalue weighted by Gasteiger charge is 2.22. The maximum Gasteiger partial charge on any atom is 0.337 e. The summed E-state index contributed by atoms with van der Waals surface area (Å²) in [6.45, 7) is 1.70. The summed E-state index contributed by atoms with van der Waals surface area (Å²) in [6.07, 6.45) is 0. The molecule has 0 N–H and O–H groups in total. The molecule has 1 heterocycles. The summed E-state index contributed by atoms with van der Waals surface area (Å²) in [6, 6.07) is 18.8. The highest BCUT2D eigenvalue weighted by Crippen LogP contribution is 2.27. The lowest BCUT2D eigenvalue weighted by Gasteiger charge is -2.16. The minimum atomic E-state index is -0.612. The molecule has 0 bridgehead atoms. The van der Waals surface area contributed by atoms with Crippen LogP contribution in [0.3, 0.4) is 0 Å². The predicted molar refractivity (Wildman–Crippen MR) is 125 cm³/mol. The minimum Gasteiger partial charge on any atom is -0.465 e. The topological polar surface area (TPSA) is 78.3 Å². The number of methoxy groups -OCH3 is 1. The second-order valence-electron chi connectivity index (χ2n) is 7.23. The van der Waals surface area contributed by atoms with Gasteiger partial charge in [0.15, 0.2) is 10.9 Å². The number of benzene rings is 3. The summed E-state index contributed by atoms with van der Waals surface area (Å²) in [5, 5.41) is 0.00982. The number of hydrogen-bond acceptors (Lipinski definition) is 6. The van der Waals surface area contributed by atoms with E-state index in [2.05, 4.69) is 4.98 Å². The van der Waals surface area contributed by atoms with Gasteiger partial charge in [0.25, 0.3) is 5.56 Å². The molecule has 4 rings (SSSR count). The maximum absolute atomic E-state index is 13.4. The zero-order valence-electron chi connectivity index (χ0n) is 17.8. The molecule has 0 radical (unpaired) electrons. The fourth-order valence-electron chi connectivity index (χ4n) is 3.35. The first-order chi connectivity index (χ1) is 15.9. The summed E-state index contributed by atoms with van der Waals surface area (Å²) in [5.74, 6) is -1.19. The summed E-state index contributed by atoms with van der Waals surface area (Å²) < 4.78 is 19.5. The fourth-order valence-corrected chi connectivity index (χ4v) is 4.36. The Balaban J connectivity index is 1.83. The van der Waals surface area contributed by atoms with Crippen molar-refractivity contribution in [3.8, 4) is 5.69 Å². The van der Waals surface area contributed by atoms with Crippen LogP contribution in [0.4, 0.5) is 4.39 Å². The Morgan fingerprint density at radius 3 is 2.33 bits per heavy atom. The van der Waals surface area contributed by atoms with Crippen molar-refractivity contribution >= 4 is 34.4 Å². The first-order valence-electron chi connectivity index (χ1n) is 10.1. The molecule has 0 spiro atoms. The number of esters is 1. The standard InChI is InChI=1S/C25H19FN2O4S/c1-15(22(29)16-8-11-18(26)12-9-16)33-25-27-21-14-17(24(31)32-2)10-13-20(21)23(30)28(25)19-6-4-3-5-7-19/h3-15H,1-2H3. The van der Waals surface area contributed by atoms with Crippen molar-refractivity contribution < 1.29 is 18.7 Å². The van der Waals surface area contributed by atoms with Crippen LogP contribution >= 0.6 is 11.8 Å². The monoisotopic (exact) mass is 462 g/mol. The second-order valence-corrected chi connectivity index (χ2v) is 8.53. The molecule has 0 aliphatic heterocycles. The van der Waals surface area contributed by atoms with E-state index in [4.69, 9.17) is 4.74 Å². The number of carbonyl (C=O) groups is 2. The predicted octanol–water partition coefficient (Wildman–Crippen LogP) is 4.67. The third-order valence-electron chi connectivity index (χ3n) is 5.05. The van der Waals surface area contributed by atoms with Crippen LogP contribution in [0.2, 0.25) is 0 Å². The van der Waals surface area contributed by atoms with E-state index in [0.29, 0.717) is 27.3 Å². The number of ketones is 1. The number of hydrogen-bond donors (Lipinski definition) is 0. The van der Waals surface area contributed by atoms with E-state index in [-0.39, 0.29) is 16.9 Å². The number of rotatable bonds is 6. The van der Waals surface area contributed by atoms with Gasteiger partial charge in [0.2, 0.25) is 0 Å². The molecule has 0 saturated heterocycles. The quantitative estimate of drug-likeness (QED) is 0.179. The average molecular weight is 463 g/mol. The Kier molecular flexibility index (Phi) is 6.37. The molecule has 0 saturated carbocycles. The van der Waals surface area contributed by atoms with Gasteiger partial charge in [0, 0.05) is 5.56 Å². The number of carbonyl (C=O) groups excluding carboxylic acids is 2. The fraction of sp³-hybridized carbons (Fsp3) is 0.120. The van der Waals surface area contributed by atoms with Crippen molar-refractivity contribution in [2.45, 2.75) is 17.3 Å². The van der Waals surface area contributed by atoms with E-state index in [9.17, 15) is 18.8 Å². The van der Waals surface area contributed by atoms with Gasteiger partial charge >= 0.3 is 5.97 Å². The van der Waals surface area contributed by atoms with Gasteiger partial charge in [-0.05, 0) is 61.5 Å². The Labute approximate surface area is 193 Å². The molecule has 33 heavy (non-hydrogen) atoms. The molecule has 0 aliphatic carbocycles. The summed E-state index contributed by atoms with van der Waals surface area (Å²) in [5.41, 5.74) is 1.21. The highest BCUT2D eigenvalue weighted by molar-refractivity contribution is 8.00. The van der Waals surface area contributed by atoms with Crippen LogP contribution in [-0.4, -0.2) is 33.7 Å². The average Bonchev–Trinajstić information content (AvgIpc) is 2.84. The molecule has 4 aromatic rings. The van der Waals surface area contributed by atoms with Crippen LogP contribution in [0.5, 0.6) is 0 Å². The smallest absolute Gasteiger partial charge is 0.337 e. The lowest BCUT2D eigenvalue weighted by atomic mass is 10.1. The Morgan fingerprint density at radius 1 is 1.00 bits per heavy atom. The van der Waals surface area contributed by atoms with E-state index in [1.807, 2.05) is 6.07 Å². The number of thioether (sulfide) groups is 1. The van der Waals surface area contributed by atoms with Crippen molar-refractivity contribution in [1.82, 2.24) is 9.55 Å². The molecule has 6 nitrogen and oxygen atoms in total. The zero-order valence-corrected chi connectivity index (χ0v) is 18.6. The molecule has 3 aromatic carbocycles.